The maximum absolute atomic E-state index is 13.0. The van der Waals surface area contributed by atoms with Crippen LogP contribution in [0.5, 0.6) is 0 Å². The average Bonchev–Trinajstić information content (AvgIpc) is 2.29. The first-order valence-electron chi connectivity index (χ1n) is 5.95. The van der Waals surface area contributed by atoms with E-state index in [4.69, 9.17) is 0 Å². The number of likely N-dealkylation sites (N-methyl/N-ethyl adjacent to an activating group) is 1. The van der Waals surface area contributed by atoms with Gasteiger partial charge in [0.25, 0.3) is 0 Å². The molecule has 0 aliphatic carbocycles. The van der Waals surface area contributed by atoms with Crippen LogP contribution in [0.3, 0.4) is 0 Å². The predicted octanol–water partition coefficient (Wildman–Crippen LogP) is 3.32. The van der Waals surface area contributed by atoms with Crippen LogP contribution >= 0.6 is 0 Å². The summed E-state index contributed by atoms with van der Waals surface area (Å²) in [5, 5.41) is 0. The van der Waals surface area contributed by atoms with Gasteiger partial charge in [-0.25, -0.2) is 4.39 Å². The minimum Gasteiger partial charge on any atom is -0.300 e. The van der Waals surface area contributed by atoms with Crippen LogP contribution in [-0.2, 0) is 0 Å². The van der Waals surface area contributed by atoms with Gasteiger partial charge in [-0.2, -0.15) is 0 Å². The molecular weight excluding hydrogens is 201 g/mol. The summed E-state index contributed by atoms with van der Waals surface area (Å²) in [5.74, 6) is -0.155. The zero-order chi connectivity index (χ0) is 11.4. The molecule has 1 fully saturated rings. The SMILES string of the molecule is CCN1CCC/C(=C/c2cccc(F)c2)C1. The van der Waals surface area contributed by atoms with E-state index in [0.29, 0.717) is 0 Å². The van der Waals surface area contributed by atoms with Crippen molar-refractivity contribution in [1.29, 1.82) is 0 Å². The topological polar surface area (TPSA) is 3.24 Å². The van der Waals surface area contributed by atoms with Gasteiger partial charge in [-0.15, -0.1) is 0 Å². The van der Waals surface area contributed by atoms with E-state index in [1.54, 1.807) is 12.1 Å². The van der Waals surface area contributed by atoms with Crippen LogP contribution in [0.1, 0.15) is 25.3 Å². The van der Waals surface area contributed by atoms with E-state index in [0.717, 1.165) is 25.1 Å². The lowest BCUT2D eigenvalue weighted by molar-refractivity contribution is 0.280. The van der Waals surface area contributed by atoms with Crippen molar-refractivity contribution in [2.75, 3.05) is 19.6 Å². The first-order chi connectivity index (χ1) is 7.78. The van der Waals surface area contributed by atoms with Crippen LogP contribution in [-0.4, -0.2) is 24.5 Å². The van der Waals surface area contributed by atoms with E-state index in [1.165, 1.54) is 24.6 Å². The summed E-state index contributed by atoms with van der Waals surface area (Å²) in [6.07, 6.45) is 4.49. The molecule has 0 bridgehead atoms. The Morgan fingerprint density at radius 2 is 2.31 bits per heavy atom. The molecule has 1 heterocycles. The number of halogens is 1. The van der Waals surface area contributed by atoms with Crippen molar-refractivity contribution in [3.63, 3.8) is 0 Å². The highest BCUT2D eigenvalue weighted by Crippen LogP contribution is 2.18. The van der Waals surface area contributed by atoms with Crippen molar-refractivity contribution in [3.05, 3.63) is 41.2 Å². The predicted molar refractivity (Wildman–Crippen MR) is 65.7 cm³/mol. The van der Waals surface area contributed by atoms with Crippen molar-refractivity contribution in [1.82, 2.24) is 4.90 Å². The molecule has 1 saturated heterocycles. The van der Waals surface area contributed by atoms with E-state index in [1.807, 2.05) is 6.07 Å². The molecule has 1 aliphatic heterocycles. The molecule has 1 aliphatic rings. The van der Waals surface area contributed by atoms with Gasteiger partial charge in [0.05, 0.1) is 0 Å². The Balaban J connectivity index is 2.11. The maximum atomic E-state index is 13.0. The fourth-order valence-corrected chi connectivity index (χ4v) is 2.19. The van der Waals surface area contributed by atoms with Gasteiger partial charge in [0.2, 0.25) is 0 Å². The second-order valence-electron chi connectivity index (χ2n) is 4.33. The first kappa shape index (κ1) is 11.3. The van der Waals surface area contributed by atoms with Crippen LogP contribution < -0.4 is 0 Å². The minimum absolute atomic E-state index is 0.155. The van der Waals surface area contributed by atoms with E-state index >= 15 is 0 Å². The third-order valence-electron chi connectivity index (χ3n) is 3.07. The summed E-state index contributed by atoms with van der Waals surface area (Å²) in [6.45, 7) is 5.51. The molecule has 0 amide bonds. The Bertz CT molecular complexity index is 384. The van der Waals surface area contributed by atoms with Gasteiger partial charge >= 0.3 is 0 Å². The number of rotatable bonds is 2. The van der Waals surface area contributed by atoms with Gasteiger partial charge in [-0.1, -0.05) is 30.7 Å². The van der Waals surface area contributed by atoms with Gasteiger partial charge in [-0.3, -0.25) is 4.90 Å². The molecule has 0 aromatic heterocycles. The normalized spacial score (nSPS) is 20.2. The molecule has 0 saturated carbocycles. The monoisotopic (exact) mass is 219 g/mol. The van der Waals surface area contributed by atoms with Crippen molar-refractivity contribution in [2.24, 2.45) is 0 Å². The number of nitrogens with zero attached hydrogens (tertiary/aromatic N) is 1. The van der Waals surface area contributed by atoms with Crippen molar-refractivity contribution >= 4 is 6.08 Å². The quantitative estimate of drug-likeness (QED) is 0.737. The molecule has 1 nitrogen and oxygen atoms in total. The second kappa shape index (κ2) is 5.26. The zero-order valence-electron chi connectivity index (χ0n) is 9.75. The third kappa shape index (κ3) is 2.92. The Morgan fingerprint density at radius 3 is 3.06 bits per heavy atom. The van der Waals surface area contributed by atoms with Gasteiger partial charge in [-0.05, 0) is 43.6 Å². The molecule has 0 unspecified atom stereocenters. The number of likely N-dealkylation sites (tertiary alicyclic amines) is 1. The molecular formula is C14H18FN. The largest absolute Gasteiger partial charge is 0.300 e. The maximum Gasteiger partial charge on any atom is 0.123 e. The molecule has 2 rings (SSSR count). The lowest BCUT2D eigenvalue weighted by atomic mass is 10.0. The molecule has 1 aromatic rings. The van der Waals surface area contributed by atoms with E-state index in [2.05, 4.69) is 17.9 Å². The number of hydrogen-bond donors (Lipinski definition) is 0. The summed E-state index contributed by atoms with van der Waals surface area (Å²) < 4.78 is 13.0. The third-order valence-corrected chi connectivity index (χ3v) is 3.07. The van der Waals surface area contributed by atoms with Gasteiger partial charge in [0.1, 0.15) is 5.82 Å². The standard InChI is InChI=1S/C14H18FN/c1-2-16-8-4-6-13(11-16)9-12-5-3-7-14(15)10-12/h3,5,7,9-10H,2,4,6,8,11H2,1H3/b13-9-. The molecule has 1 aromatic carbocycles. The summed E-state index contributed by atoms with van der Waals surface area (Å²) in [6, 6.07) is 6.81. The van der Waals surface area contributed by atoms with Crippen LogP contribution in [0.15, 0.2) is 29.8 Å². The van der Waals surface area contributed by atoms with Crippen molar-refractivity contribution in [2.45, 2.75) is 19.8 Å². The molecule has 0 atom stereocenters. The summed E-state index contributed by atoms with van der Waals surface area (Å²) in [5.41, 5.74) is 2.40. The smallest absolute Gasteiger partial charge is 0.123 e. The summed E-state index contributed by atoms with van der Waals surface area (Å²) in [7, 11) is 0. The van der Waals surface area contributed by atoms with Crippen molar-refractivity contribution in [3.8, 4) is 0 Å². The van der Waals surface area contributed by atoms with E-state index < -0.39 is 0 Å². The Morgan fingerprint density at radius 1 is 1.44 bits per heavy atom. The fraction of sp³-hybridized carbons (Fsp3) is 0.429. The highest BCUT2D eigenvalue weighted by molar-refractivity contribution is 5.53. The molecule has 86 valence electrons. The molecule has 0 radical (unpaired) electrons. The Kier molecular flexibility index (Phi) is 3.73. The second-order valence-corrected chi connectivity index (χ2v) is 4.33. The lowest BCUT2D eigenvalue weighted by Crippen LogP contribution is -2.30. The summed E-state index contributed by atoms with van der Waals surface area (Å²) >= 11 is 0. The van der Waals surface area contributed by atoms with E-state index in [-0.39, 0.29) is 5.82 Å². The van der Waals surface area contributed by atoms with Crippen molar-refractivity contribution < 1.29 is 4.39 Å². The summed E-state index contributed by atoms with van der Waals surface area (Å²) in [4.78, 5) is 2.43. The molecule has 16 heavy (non-hydrogen) atoms. The molecule has 0 spiro atoms. The molecule has 0 N–H and O–H groups in total. The highest BCUT2D eigenvalue weighted by atomic mass is 19.1. The highest BCUT2D eigenvalue weighted by Gasteiger charge is 2.11. The van der Waals surface area contributed by atoms with Gasteiger partial charge in [0.15, 0.2) is 0 Å². The Labute approximate surface area is 96.6 Å². The minimum atomic E-state index is -0.155. The lowest BCUT2D eigenvalue weighted by Gasteiger charge is -2.27. The van der Waals surface area contributed by atoms with Crippen LogP contribution in [0.2, 0.25) is 0 Å². The number of benzene rings is 1. The van der Waals surface area contributed by atoms with E-state index in [9.17, 15) is 4.39 Å². The zero-order valence-corrected chi connectivity index (χ0v) is 9.75. The van der Waals surface area contributed by atoms with Crippen LogP contribution in [0, 0.1) is 5.82 Å². The first-order valence-corrected chi connectivity index (χ1v) is 5.95. The fourth-order valence-electron chi connectivity index (χ4n) is 2.19. The number of hydrogen-bond acceptors (Lipinski definition) is 1. The number of piperidine rings is 1. The van der Waals surface area contributed by atoms with Crippen LogP contribution in [0.4, 0.5) is 4.39 Å². The van der Waals surface area contributed by atoms with Gasteiger partial charge in [0, 0.05) is 6.54 Å². The van der Waals surface area contributed by atoms with Gasteiger partial charge < -0.3 is 0 Å². The average molecular weight is 219 g/mol. The van der Waals surface area contributed by atoms with Crippen LogP contribution in [0.25, 0.3) is 6.08 Å². The Hall–Kier alpha value is -1.15. The molecule has 2 heteroatoms.